The third-order valence-electron chi connectivity index (χ3n) is 4.31. The number of hydrogen-bond acceptors (Lipinski definition) is 6. The van der Waals surface area contributed by atoms with Crippen molar-refractivity contribution in [3.63, 3.8) is 0 Å². The van der Waals surface area contributed by atoms with Crippen LogP contribution >= 0.6 is 0 Å². The summed E-state index contributed by atoms with van der Waals surface area (Å²) in [5, 5.41) is 5.98. The summed E-state index contributed by atoms with van der Waals surface area (Å²) in [4.78, 5) is 27.1. The minimum absolute atomic E-state index is 0.262. The number of carbonyl (C=O) groups is 1. The number of anilines is 3. The van der Waals surface area contributed by atoms with Gasteiger partial charge in [-0.25, -0.2) is 9.97 Å². The SMILES string of the molecule is CCN(CC)c1ccc(Nc2cnc(C(=O)NCc3ccccn3)cn2)cc1. The van der Waals surface area contributed by atoms with Gasteiger partial charge >= 0.3 is 0 Å². The van der Waals surface area contributed by atoms with Crippen LogP contribution in [0, 0.1) is 0 Å². The molecule has 0 saturated heterocycles. The lowest BCUT2D eigenvalue weighted by Crippen LogP contribution is -2.24. The average molecular weight is 376 g/mol. The van der Waals surface area contributed by atoms with Crippen LogP contribution in [0.1, 0.15) is 30.0 Å². The zero-order valence-electron chi connectivity index (χ0n) is 16.1. The molecule has 7 nitrogen and oxygen atoms in total. The largest absolute Gasteiger partial charge is 0.372 e. The molecule has 0 aliphatic rings. The molecule has 3 rings (SSSR count). The van der Waals surface area contributed by atoms with Gasteiger partial charge in [0.25, 0.3) is 5.91 Å². The van der Waals surface area contributed by atoms with Crippen LogP contribution in [0.4, 0.5) is 17.2 Å². The normalized spacial score (nSPS) is 10.4. The van der Waals surface area contributed by atoms with Crippen molar-refractivity contribution in [2.45, 2.75) is 20.4 Å². The van der Waals surface area contributed by atoms with E-state index in [1.807, 2.05) is 30.3 Å². The number of carbonyl (C=O) groups excluding carboxylic acids is 1. The first-order valence-corrected chi connectivity index (χ1v) is 9.31. The molecular weight excluding hydrogens is 352 g/mol. The van der Waals surface area contributed by atoms with E-state index in [0.717, 1.165) is 24.5 Å². The summed E-state index contributed by atoms with van der Waals surface area (Å²) in [7, 11) is 0. The summed E-state index contributed by atoms with van der Waals surface area (Å²) < 4.78 is 0. The van der Waals surface area contributed by atoms with Crippen LogP contribution < -0.4 is 15.5 Å². The molecule has 144 valence electrons. The van der Waals surface area contributed by atoms with Crippen molar-refractivity contribution in [1.82, 2.24) is 20.3 Å². The first-order valence-electron chi connectivity index (χ1n) is 9.31. The fourth-order valence-corrected chi connectivity index (χ4v) is 2.77. The number of benzene rings is 1. The molecule has 1 aromatic carbocycles. The lowest BCUT2D eigenvalue weighted by atomic mass is 10.2. The maximum absolute atomic E-state index is 12.2. The molecule has 3 aromatic rings. The van der Waals surface area contributed by atoms with Crippen LogP contribution in [-0.2, 0) is 6.54 Å². The average Bonchev–Trinajstić information content (AvgIpc) is 2.75. The highest BCUT2D eigenvalue weighted by Crippen LogP contribution is 2.20. The van der Waals surface area contributed by atoms with Gasteiger partial charge in [0.2, 0.25) is 0 Å². The second kappa shape index (κ2) is 9.45. The van der Waals surface area contributed by atoms with Crippen LogP contribution in [0.2, 0.25) is 0 Å². The molecule has 0 fully saturated rings. The van der Waals surface area contributed by atoms with Crippen molar-refractivity contribution < 1.29 is 4.79 Å². The Bertz CT molecular complexity index is 877. The Morgan fingerprint density at radius 1 is 0.964 bits per heavy atom. The van der Waals surface area contributed by atoms with Gasteiger partial charge in [0.15, 0.2) is 0 Å². The van der Waals surface area contributed by atoms with Crippen molar-refractivity contribution in [2.75, 3.05) is 23.3 Å². The topological polar surface area (TPSA) is 83.0 Å². The molecule has 7 heteroatoms. The zero-order chi connectivity index (χ0) is 19.8. The van der Waals surface area contributed by atoms with E-state index in [0.29, 0.717) is 12.4 Å². The maximum Gasteiger partial charge on any atom is 0.271 e. The number of nitrogens with one attached hydrogen (secondary N) is 2. The van der Waals surface area contributed by atoms with Crippen molar-refractivity contribution in [3.05, 3.63) is 72.4 Å². The van der Waals surface area contributed by atoms with E-state index in [1.165, 1.54) is 11.9 Å². The fraction of sp³-hybridized carbons (Fsp3) is 0.238. The smallest absolute Gasteiger partial charge is 0.271 e. The fourth-order valence-electron chi connectivity index (χ4n) is 2.77. The first kappa shape index (κ1) is 19.3. The lowest BCUT2D eigenvalue weighted by Gasteiger charge is -2.21. The predicted molar refractivity (Wildman–Crippen MR) is 111 cm³/mol. The van der Waals surface area contributed by atoms with Crippen LogP contribution in [0.25, 0.3) is 0 Å². The van der Waals surface area contributed by atoms with E-state index in [-0.39, 0.29) is 11.6 Å². The van der Waals surface area contributed by atoms with Crippen molar-refractivity contribution in [1.29, 1.82) is 0 Å². The Morgan fingerprint density at radius 2 is 1.75 bits per heavy atom. The van der Waals surface area contributed by atoms with Crippen LogP contribution in [0.3, 0.4) is 0 Å². The van der Waals surface area contributed by atoms with Crippen molar-refractivity contribution in [3.8, 4) is 0 Å². The molecule has 0 saturated carbocycles. The van der Waals surface area contributed by atoms with E-state index in [1.54, 1.807) is 12.4 Å². The number of amides is 1. The number of nitrogens with zero attached hydrogens (tertiary/aromatic N) is 4. The summed E-state index contributed by atoms with van der Waals surface area (Å²) in [6, 6.07) is 13.7. The Kier molecular flexibility index (Phi) is 6.51. The van der Waals surface area contributed by atoms with Gasteiger partial charge < -0.3 is 15.5 Å². The molecule has 0 unspecified atom stereocenters. The molecule has 1 amide bonds. The van der Waals surface area contributed by atoms with Gasteiger partial charge in [-0.05, 0) is 50.2 Å². The summed E-state index contributed by atoms with van der Waals surface area (Å²) in [6.45, 7) is 6.57. The second-order valence-corrected chi connectivity index (χ2v) is 6.13. The standard InChI is InChI=1S/C21H24N6O/c1-3-27(4-2)18-10-8-16(9-11-18)26-20-15-23-19(14-24-20)21(28)25-13-17-7-5-6-12-22-17/h5-12,14-15H,3-4,13H2,1-2H3,(H,24,26)(H,25,28). The molecule has 0 bridgehead atoms. The van der Waals surface area contributed by atoms with Gasteiger partial charge in [0.1, 0.15) is 11.5 Å². The number of rotatable bonds is 8. The molecule has 2 heterocycles. The van der Waals surface area contributed by atoms with Gasteiger partial charge in [-0.15, -0.1) is 0 Å². The summed E-state index contributed by atoms with van der Waals surface area (Å²) in [5.41, 5.74) is 3.15. The molecule has 0 aliphatic heterocycles. The Balaban J connectivity index is 1.57. The summed E-state index contributed by atoms with van der Waals surface area (Å²) in [5.74, 6) is 0.296. The zero-order valence-corrected chi connectivity index (χ0v) is 16.1. The van der Waals surface area contributed by atoms with E-state index in [4.69, 9.17) is 0 Å². The highest BCUT2D eigenvalue weighted by atomic mass is 16.1. The van der Waals surface area contributed by atoms with Gasteiger partial charge in [0, 0.05) is 30.7 Å². The molecule has 2 aromatic heterocycles. The molecule has 2 N–H and O–H groups in total. The molecule has 0 radical (unpaired) electrons. The Hall–Kier alpha value is -3.48. The van der Waals surface area contributed by atoms with E-state index < -0.39 is 0 Å². The molecule has 28 heavy (non-hydrogen) atoms. The van der Waals surface area contributed by atoms with Crippen LogP contribution in [0.15, 0.2) is 61.1 Å². The van der Waals surface area contributed by atoms with Crippen LogP contribution in [-0.4, -0.2) is 33.9 Å². The third kappa shape index (κ3) is 5.03. The van der Waals surface area contributed by atoms with Crippen molar-refractivity contribution >= 4 is 23.1 Å². The minimum atomic E-state index is -0.284. The summed E-state index contributed by atoms with van der Waals surface area (Å²) in [6.07, 6.45) is 4.70. The van der Waals surface area contributed by atoms with E-state index in [9.17, 15) is 4.79 Å². The molecule has 0 aliphatic carbocycles. The van der Waals surface area contributed by atoms with Gasteiger partial charge in [-0.1, -0.05) is 6.07 Å². The molecule has 0 spiro atoms. The van der Waals surface area contributed by atoms with E-state index in [2.05, 4.69) is 56.5 Å². The van der Waals surface area contributed by atoms with Gasteiger partial charge in [-0.3, -0.25) is 9.78 Å². The van der Waals surface area contributed by atoms with Gasteiger partial charge in [0.05, 0.1) is 24.6 Å². The number of aromatic nitrogens is 3. The maximum atomic E-state index is 12.2. The predicted octanol–water partition coefficient (Wildman–Crippen LogP) is 3.39. The van der Waals surface area contributed by atoms with Crippen molar-refractivity contribution in [2.24, 2.45) is 0 Å². The second-order valence-electron chi connectivity index (χ2n) is 6.13. The van der Waals surface area contributed by atoms with Crippen LogP contribution in [0.5, 0.6) is 0 Å². The quantitative estimate of drug-likeness (QED) is 0.627. The van der Waals surface area contributed by atoms with Gasteiger partial charge in [-0.2, -0.15) is 0 Å². The first-order chi connectivity index (χ1) is 13.7. The highest BCUT2D eigenvalue weighted by Gasteiger charge is 2.08. The molecular formula is C21H24N6O. The summed E-state index contributed by atoms with van der Waals surface area (Å²) >= 11 is 0. The number of pyridine rings is 1. The minimum Gasteiger partial charge on any atom is -0.372 e. The molecule has 0 atom stereocenters. The third-order valence-corrected chi connectivity index (χ3v) is 4.31. The number of hydrogen-bond donors (Lipinski definition) is 2. The monoisotopic (exact) mass is 376 g/mol. The highest BCUT2D eigenvalue weighted by molar-refractivity contribution is 5.91. The van der Waals surface area contributed by atoms with E-state index >= 15 is 0 Å². The Labute approximate surface area is 164 Å². The lowest BCUT2D eigenvalue weighted by molar-refractivity contribution is 0.0945. The Morgan fingerprint density at radius 3 is 2.36 bits per heavy atom.